The maximum Gasteiger partial charge on any atom is 0.184 e. The number of ether oxygens (including phenoxy) is 2. The topological polar surface area (TPSA) is 42.2 Å². The van der Waals surface area contributed by atoms with Gasteiger partial charge in [0.05, 0.1) is 25.2 Å². The minimum Gasteiger partial charge on any atom is -0.346 e. The van der Waals surface area contributed by atoms with Crippen molar-refractivity contribution in [2.75, 3.05) is 6.61 Å². The van der Waals surface area contributed by atoms with Crippen LogP contribution in [0.3, 0.4) is 0 Å². The molecule has 0 amide bonds. The van der Waals surface area contributed by atoms with Crippen molar-refractivity contribution >= 4 is 0 Å². The van der Waals surface area contributed by atoms with Crippen LogP contribution in [0.1, 0.15) is 44.6 Å². The molecule has 0 aromatic heterocycles. The van der Waals surface area contributed by atoms with Crippen molar-refractivity contribution in [2.24, 2.45) is 0 Å². The zero-order valence-electron chi connectivity index (χ0n) is 11.1. The molecule has 1 saturated heterocycles. The Morgan fingerprint density at radius 2 is 1.94 bits per heavy atom. The van der Waals surface area contributed by atoms with Gasteiger partial charge in [-0.25, -0.2) is 0 Å². The highest BCUT2D eigenvalue weighted by atomic mass is 16.7. The van der Waals surface area contributed by atoms with Gasteiger partial charge in [-0.3, -0.25) is 0 Å². The van der Waals surface area contributed by atoms with Gasteiger partial charge in [-0.2, -0.15) is 5.26 Å². The van der Waals surface area contributed by atoms with Crippen molar-refractivity contribution in [3.05, 3.63) is 35.4 Å². The highest BCUT2D eigenvalue weighted by Gasteiger charge is 2.27. The number of benzene rings is 1. The third kappa shape index (κ3) is 2.90. The fourth-order valence-corrected chi connectivity index (χ4v) is 1.97. The predicted octanol–water partition coefficient (Wildman–Crippen LogP) is 3.31. The van der Waals surface area contributed by atoms with Crippen LogP contribution in [0.25, 0.3) is 0 Å². The number of hydrogen-bond acceptors (Lipinski definition) is 3. The molecule has 0 aliphatic carbocycles. The van der Waals surface area contributed by atoms with Gasteiger partial charge in [0.2, 0.25) is 0 Å². The third-order valence-corrected chi connectivity index (χ3v) is 3.12. The molecule has 0 bridgehead atoms. The standard InChI is InChI=1S/C15H19NO2/c1-15(2,3)12-6-4-11(5-7-12)14-17-10-13(18-14)8-9-16/h4-7,13-14H,8,10H2,1-3H3. The Morgan fingerprint density at radius 3 is 2.50 bits per heavy atom. The SMILES string of the molecule is CC(C)(C)c1ccc(C2OCC(CC#N)O2)cc1. The smallest absolute Gasteiger partial charge is 0.184 e. The van der Waals surface area contributed by atoms with E-state index >= 15 is 0 Å². The Balaban J connectivity index is 2.05. The van der Waals surface area contributed by atoms with Crippen LogP contribution in [0.2, 0.25) is 0 Å². The highest BCUT2D eigenvalue weighted by Crippen LogP contribution is 2.30. The number of hydrogen-bond donors (Lipinski definition) is 0. The molecule has 2 unspecified atom stereocenters. The van der Waals surface area contributed by atoms with Crippen molar-refractivity contribution in [3.8, 4) is 6.07 Å². The first-order valence-electron chi connectivity index (χ1n) is 6.25. The minimum absolute atomic E-state index is 0.0951. The lowest BCUT2D eigenvalue weighted by atomic mass is 9.87. The van der Waals surface area contributed by atoms with E-state index in [4.69, 9.17) is 14.7 Å². The summed E-state index contributed by atoms with van der Waals surface area (Å²) in [5.74, 6) is 0. The van der Waals surface area contributed by atoms with Crippen molar-refractivity contribution in [3.63, 3.8) is 0 Å². The molecule has 18 heavy (non-hydrogen) atoms. The third-order valence-electron chi connectivity index (χ3n) is 3.12. The number of rotatable bonds is 2. The van der Waals surface area contributed by atoms with Gasteiger partial charge in [0.1, 0.15) is 0 Å². The molecule has 2 rings (SSSR count). The molecule has 1 heterocycles. The quantitative estimate of drug-likeness (QED) is 0.802. The van der Waals surface area contributed by atoms with Crippen LogP contribution >= 0.6 is 0 Å². The van der Waals surface area contributed by atoms with Crippen LogP contribution in [0.4, 0.5) is 0 Å². The average molecular weight is 245 g/mol. The fourth-order valence-electron chi connectivity index (χ4n) is 1.97. The second-order valence-corrected chi connectivity index (χ2v) is 5.66. The predicted molar refractivity (Wildman–Crippen MR) is 68.9 cm³/mol. The summed E-state index contributed by atoms with van der Waals surface area (Å²) in [5, 5.41) is 8.62. The van der Waals surface area contributed by atoms with Crippen LogP contribution in [0.15, 0.2) is 24.3 Å². The summed E-state index contributed by atoms with van der Waals surface area (Å²) in [7, 11) is 0. The van der Waals surface area contributed by atoms with E-state index in [1.54, 1.807) is 0 Å². The second kappa shape index (κ2) is 5.09. The highest BCUT2D eigenvalue weighted by molar-refractivity contribution is 5.28. The summed E-state index contributed by atoms with van der Waals surface area (Å²) in [5.41, 5.74) is 2.46. The fraction of sp³-hybridized carbons (Fsp3) is 0.533. The molecule has 0 N–H and O–H groups in total. The van der Waals surface area contributed by atoms with E-state index in [1.807, 2.05) is 12.1 Å². The van der Waals surface area contributed by atoms with Gasteiger partial charge < -0.3 is 9.47 Å². The Morgan fingerprint density at radius 1 is 1.28 bits per heavy atom. The van der Waals surface area contributed by atoms with Crippen molar-refractivity contribution < 1.29 is 9.47 Å². The van der Waals surface area contributed by atoms with E-state index in [2.05, 4.69) is 39.0 Å². The van der Waals surface area contributed by atoms with Crippen LogP contribution in [-0.2, 0) is 14.9 Å². The summed E-state index contributed by atoms with van der Waals surface area (Å²) in [6.07, 6.45) is -0.0315. The molecule has 3 nitrogen and oxygen atoms in total. The summed E-state index contributed by atoms with van der Waals surface area (Å²) < 4.78 is 11.2. The van der Waals surface area contributed by atoms with E-state index in [0.29, 0.717) is 13.0 Å². The maximum atomic E-state index is 8.62. The number of nitriles is 1. The minimum atomic E-state index is -0.322. The lowest BCUT2D eigenvalue weighted by molar-refractivity contribution is -0.0592. The lowest BCUT2D eigenvalue weighted by Gasteiger charge is -2.20. The first-order chi connectivity index (χ1) is 8.50. The normalized spacial score (nSPS) is 23.9. The molecule has 1 aromatic carbocycles. The van der Waals surface area contributed by atoms with E-state index in [1.165, 1.54) is 5.56 Å². The van der Waals surface area contributed by atoms with Gasteiger partial charge in [0.25, 0.3) is 0 Å². The summed E-state index contributed by atoms with van der Waals surface area (Å²) in [6, 6.07) is 10.4. The zero-order chi connectivity index (χ0) is 13.2. The van der Waals surface area contributed by atoms with E-state index in [-0.39, 0.29) is 17.8 Å². The van der Waals surface area contributed by atoms with Gasteiger partial charge in [0, 0.05) is 5.56 Å². The molecule has 1 aliphatic heterocycles. The van der Waals surface area contributed by atoms with Crippen LogP contribution < -0.4 is 0 Å². The van der Waals surface area contributed by atoms with Gasteiger partial charge in [0.15, 0.2) is 6.29 Å². The average Bonchev–Trinajstić information content (AvgIpc) is 2.77. The molecule has 96 valence electrons. The summed E-state index contributed by atoms with van der Waals surface area (Å²) in [6.45, 7) is 7.06. The first-order valence-corrected chi connectivity index (χ1v) is 6.25. The molecular formula is C15H19NO2. The van der Waals surface area contributed by atoms with Crippen molar-refractivity contribution in [1.82, 2.24) is 0 Å². The van der Waals surface area contributed by atoms with Gasteiger partial charge >= 0.3 is 0 Å². The van der Waals surface area contributed by atoms with Crippen LogP contribution in [-0.4, -0.2) is 12.7 Å². The monoisotopic (exact) mass is 245 g/mol. The molecule has 3 heteroatoms. The van der Waals surface area contributed by atoms with Crippen molar-refractivity contribution in [2.45, 2.75) is 45.0 Å². The summed E-state index contributed by atoms with van der Waals surface area (Å²) >= 11 is 0. The molecule has 1 aromatic rings. The Kier molecular flexibility index (Phi) is 3.70. The molecule has 0 saturated carbocycles. The summed E-state index contributed by atoms with van der Waals surface area (Å²) in [4.78, 5) is 0. The van der Waals surface area contributed by atoms with Gasteiger partial charge in [-0.1, -0.05) is 45.0 Å². The van der Waals surface area contributed by atoms with Crippen molar-refractivity contribution in [1.29, 1.82) is 5.26 Å². The second-order valence-electron chi connectivity index (χ2n) is 5.66. The largest absolute Gasteiger partial charge is 0.346 e. The zero-order valence-corrected chi connectivity index (χ0v) is 11.1. The number of nitrogens with zero attached hydrogens (tertiary/aromatic N) is 1. The molecule has 2 atom stereocenters. The van der Waals surface area contributed by atoms with Crippen LogP contribution in [0, 0.1) is 11.3 Å². The molecule has 0 spiro atoms. The Bertz CT molecular complexity index is 439. The van der Waals surface area contributed by atoms with Gasteiger partial charge in [-0.05, 0) is 11.0 Å². The molecule has 1 fully saturated rings. The Labute approximate surface area is 108 Å². The maximum absolute atomic E-state index is 8.62. The first kappa shape index (κ1) is 13.1. The van der Waals surface area contributed by atoms with Gasteiger partial charge in [-0.15, -0.1) is 0 Å². The lowest BCUT2D eigenvalue weighted by Crippen LogP contribution is -2.11. The molecular weight excluding hydrogens is 226 g/mol. The van der Waals surface area contributed by atoms with Crippen LogP contribution in [0.5, 0.6) is 0 Å². The Hall–Kier alpha value is -1.37. The van der Waals surface area contributed by atoms with E-state index in [9.17, 15) is 0 Å². The van der Waals surface area contributed by atoms with E-state index in [0.717, 1.165) is 5.56 Å². The molecule has 0 radical (unpaired) electrons. The molecule has 1 aliphatic rings. The van der Waals surface area contributed by atoms with E-state index < -0.39 is 0 Å².